The lowest BCUT2D eigenvalue weighted by atomic mass is 10.0. The minimum Gasteiger partial charge on any atom is -0.0888 e. The fraction of sp³-hybridized carbons (Fsp3) is 0.600. The molecule has 1 aliphatic carbocycles. The van der Waals surface area contributed by atoms with Crippen molar-refractivity contribution < 1.29 is 0 Å². The van der Waals surface area contributed by atoms with Crippen molar-refractivity contribution in [3.8, 4) is 0 Å². The van der Waals surface area contributed by atoms with E-state index in [9.17, 15) is 0 Å². The lowest BCUT2D eigenvalue weighted by Crippen LogP contribution is -2.06. The molecular formula is C15H21Br. The van der Waals surface area contributed by atoms with Gasteiger partial charge in [-0.05, 0) is 42.6 Å². The molecule has 1 saturated carbocycles. The number of benzene rings is 1. The van der Waals surface area contributed by atoms with Crippen molar-refractivity contribution in [2.24, 2.45) is 11.8 Å². The van der Waals surface area contributed by atoms with Crippen LogP contribution in [-0.4, -0.2) is 4.83 Å². The van der Waals surface area contributed by atoms with Gasteiger partial charge in [0.15, 0.2) is 0 Å². The Morgan fingerprint density at radius 2 is 1.94 bits per heavy atom. The lowest BCUT2D eigenvalue weighted by Gasteiger charge is -2.12. The zero-order valence-corrected chi connectivity index (χ0v) is 11.8. The van der Waals surface area contributed by atoms with Gasteiger partial charge in [-0.2, -0.15) is 0 Å². The minimum absolute atomic E-state index is 0.699. The molecule has 0 saturated heterocycles. The van der Waals surface area contributed by atoms with Gasteiger partial charge in [-0.25, -0.2) is 0 Å². The topological polar surface area (TPSA) is 0 Å². The summed E-state index contributed by atoms with van der Waals surface area (Å²) in [6, 6.07) is 11.0. The summed E-state index contributed by atoms with van der Waals surface area (Å²) < 4.78 is 0. The third-order valence-electron chi connectivity index (χ3n) is 3.69. The van der Waals surface area contributed by atoms with Gasteiger partial charge >= 0.3 is 0 Å². The molecule has 2 rings (SSSR count). The SMILES string of the molecule is CC(C)C(Br)CCC1CC1c1ccccc1. The first kappa shape index (κ1) is 12.2. The van der Waals surface area contributed by atoms with Gasteiger partial charge in [-0.3, -0.25) is 0 Å². The van der Waals surface area contributed by atoms with Gasteiger partial charge in [-0.1, -0.05) is 60.1 Å². The number of alkyl halides is 1. The molecule has 0 aromatic heterocycles. The second kappa shape index (κ2) is 5.35. The van der Waals surface area contributed by atoms with Crippen molar-refractivity contribution >= 4 is 15.9 Å². The summed E-state index contributed by atoms with van der Waals surface area (Å²) in [6.45, 7) is 4.59. The third kappa shape index (κ3) is 3.10. The van der Waals surface area contributed by atoms with Gasteiger partial charge in [0.2, 0.25) is 0 Å². The Kier molecular flexibility index (Phi) is 4.07. The molecule has 0 aliphatic heterocycles. The summed E-state index contributed by atoms with van der Waals surface area (Å²) in [5.41, 5.74) is 1.54. The largest absolute Gasteiger partial charge is 0.0888 e. The summed E-state index contributed by atoms with van der Waals surface area (Å²) in [5, 5.41) is 0. The van der Waals surface area contributed by atoms with Crippen molar-refractivity contribution in [1.82, 2.24) is 0 Å². The van der Waals surface area contributed by atoms with Crippen molar-refractivity contribution in [2.45, 2.75) is 43.9 Å². The molecule has 1 aromatic rings. The van der Waals surface area contributed by atoms with E-state index in [-0.39, 0.29) is 0 Å². The molecule has 88 valence electrons. The molecule has 1 fully saturated rings. The van der Waals surface area contributed by atoms with E-state index in [2.05, 4.69) is 60.1 Å². The average molecular weight is 281 g/mol. The standard InChI is InChI=1S/C15H21Br/c1-11(2)15(16)9-8-13-10-14(13)12-6-4-3-5-7-12/h3-7,11,13-15H,8-10H2,1-2H3. The predicted octanol–water partition coefficient (Wildman–Crippen LogP) is 4.99. The van der Waals surface area contributed by atoms with Crippen LogP contribution < -0.4 is 0 Å². The molecule has 16 heavy (non-hydrogen) atoms. The molecule has 0 spiro atoms. The minimum atomic E-state index is 0.699. The molecule has 0 heterocycles. The quantitative estimate of drug-likeness (QED) is 0.667. The smallest absolute Gasteiger partial charge is 0.0168 e. The molecule has 0 nitrogen and oxygen atoms in total. The normalized spacial score (nSPS) is 25.8. The van der Waals surface area contributed by atoms with E-state index >= 15 is 0 Å². The first-order valence-electron chi connectivity index (χ1n) is 6.37. The Balaban J connectivity index is 1.76. The number of rotatable bonds is 5. The zero-order valence-electron chi connectivity index (χ0n) is 10.2. The van der Waals surface area contributed by atoms with Crippen LogP contribution in [0.15, 0.2) is 30.3 Å². The maximum Gasteiger partial charge on any atom is 0.0168 e. The van der Waals surface area contributed by atoms with Gasteiger partial charge in [-0.15, -0.1) is 0 Å². The third-order valence-corrected chi connectivity index (χ3v) is 5.20. The Labute approximate surface area is 108 Å². The highest BCUT2D eigenvalue weighted by molar-refractivity contribution is 9.09. The van der Waals surface area contributed by atoms with Crippen molar-refractivity contribution in [3.05, 3.63) is 35.9 Å². The van der Waals surface area contributed by atoms with Crippen LogP contribution in [0, 0.1) is 11.8 Å². The van der Waals surface area contributed by atoms with Crippen LogP contribution in [0.1, 0.15) is 44.6 Å². The van der Waals surface area contributed by atoms with E-state index in [1.165, 1.54) is 19.3 Å². The van der Waals surface area contributed by atoms with Crippen molar-refractivity contribution in [2.75, 3.05) is 0 Å². The average Bonchev–Trinajstić information content (AvgIpc) is 3.06. The molecule has 1 heteroatoms. The maximum atomic E-state index is 3.77. The van der Waals surface area contributed by atoms with Gasteiger partial charge in [0.25, 0.3) is 0 Å². The summed E-state index contributed by atoms with van der Waals surface area (Å²) in [6.07, 6.45) is 4.11. The molecule has 0 bridgehead atoms. The fourth-order valence-electron chi connectivity index (χ4n) is 2.38. The monoisotopic (exact) mass is 280 g/mol. The van der Waals surface area contributed by atoms with Crippen molar-refractivity contribution in [1.29, 1.82) is 0 Å². The Morgan fingerprint density at radius 3 is 2.56 bits per heavy atom. The van der Waals surface area contributed by atoms with Crippen molar-refractivity contribution in [3.63, 3.8) is 0 Å². The lowest BCUT2D eigenvalue weighted by molar-refractivity contribution is 0.538. The summed E-state index contributed by atoms with van der Waals surface area (Å²) in [4.78, 5) is 0.699. The molecule has 1 aliphatic rings. The van der Waals surface area contributed by atoms with E-state index in [1.54, 1.807) is 5.56 Å². The maximum absolute atomic E-state index is 3.77. The zero-order chi connectivity index (χ0) is 11.5. The number of hydrogen-bond acceptors (Lipinski definition) is 0. The predicted molar refractivity (Wildman–Crippen MR) is 74.1 cm³/mol. The molecule has 3 atom stereocenters. The second-order valence-electron chi connectivity index (χ2n) is 5.35. The second-order valence-corrected chi connectivity index (χ2v) is 6.53. The Morgan fingerprint density at radius 1 is 1.25 bits per heavy atom. The molecule has 3 unspecified atom stereocenters. The summed E-state index contributed by atoms with van der Waals surface area (Å²) in [7, 11) is 0. The number of hydrogen-bond donors (Lipinski definition) is 0. The number of halogens is 1. The molecule has 0 amide bonds. The molecule has 0 radical (unpaired) electrons. The molecular weight excluding hydrogens is 260 g/mol. The highest BCUT2D eigenvalue weighted by Gasteiger charge is 2.37. The summed E-state index contributed by atoms with van der Waals surface area (Å²) >= 11 is 3.77. The van der Waals surface area contributed by atoms with Gasteiger partial charge in [0, 0.05) is 4.83 Å². The fourth-order valence-corrected chi connectivity index (χ4v) is 2.65. The van der Waals surface area contributed by atoms with Crippen LogP contribution in [0.3, 0.4) is 0 Å². The van der Waals surface area contributed by atoms with E-state index in [0.29, 0.717) is 4.83 Å². The van der Waals surface area contributed by atoms with E-state index < -0.39 is 0 Å². The molecule has 0 N–H and O–H groups in total. The van der Waals surface area contributed by atoms with E-state index in [4.69, 9.17) is 0 Å². The van der Waals surface area contributed by atoms with Crippen LogP contribution in [0.25, 0.3) is 0 Å². The van der Waals surface area contributed by atoms with Gasteiger partial charge < -0.3 is 0 Å². The Bertz CT molecular complexity index is 317. The summed E-state index contributed by atoms with van der Waals surface area (Å²) in [5.74, 6) is 2.56. The Hall–Kier alpha value is -0.300. The first-order valence-corrected chi connectivity index (χ1v) is 7.29. The van der Waals surface area contributed by atoms with Crippen LogP contribution in [0.4, 0.5) is 0 Å². The van der Waals surface area contributed by atoms with Crippen LogP contribution >= 0.6 is 15.9 Å². The van der Waals surface area contributed by atoms with E-state index in [1.807, 2.05) is 0 Å². The highest BCUT2D eigenvalue weighted by atomic mass is 79.9. The van der Waals surface area contributed by atoms with Gasteiger partial charge in [0.1, 0.15) is 0 Å². The highest BCUT2D eigenvalue weighted by Crippen LogP contribution is 2.50. The van der Waals surface area contributed by atoms with Crippen LogP contribution in [-0.2, 0) is 0 Å². The van der Waals surface area contributed by atoms with E-state index in [0.717, 1.165) is 17.8 Å². The van der Waals surface area contributed by atoms with Crippen LogP contribution in [0.2, 0.25) is 0 Å². The molecule has 1 aromatic carbocycles. The first-order chi connectivity index (χ1) is 7.68. The van der Waals surface area contributed by atoms with Gasteiger partial charge in [0.05, 0.1) is 0 Å². The van der Waals surface area contributed by atoms with Crippen LogP contribution in [0.5, 0.6) is 0 Å².